The molecule has 3 aliphatic rings. The summed E-state index contributed by atoms with van der Waals surface area (Å²) in [5.41, 5.74) is 0.0700. The van der Waals surface area contributed by atoms with E-state index in [1.165, 1.54) is 4.90 Å². The van der Waals surface area contributed by atoms with Crippen molar-refractivity contribution in [2.75, 3.05) is 45.9 Å². The summed E-state index contributed by atoms with van der Waals surface area (Å²) in [6.45, 7) is 11.5. The zero-order valence-electron chi connectivity index (χ0n) is 17.6. The first-order chi connectivity index (χ1) is 13.2. The predicted molar refractivity (Wildman–Crippen MR) is 104 cm³/mol. The molecule has 0 aromatic heterocycles. The quantitative estimate of drug-likeness (QED) is 0.546. The van der Waals surface area contributed by atoms with Gasteiger partial charge in [0.05, 0.1) is 12.6 Å². The fraction of sp³-hybridized carbons (Fsp3) is 0.950. The Bertz CT molecular complexity index is 566. The third kappa shape index (κ3) is 4.58. The van der Waals surface area contributed by atoms with Crippen LogP contribution in [0, 0.1) is 17.3 Å². The van der Waals surface area contributed by atoms with E-state index in [9.17, 15) is 13.2 Å². The third-order valence-electron chi connectivity index (χ3n) is 6.64. The lowest BCUT2D eigenvalue weighted by Crippen LogP contribution is -2.68. The maximum atomic E-state index is 12.7. The summed E-state index contributed by atoms with van der Waals surface area (Å²) in [6.07, 6.45) is -1.83. The number of guanidine groups is 1. The van der Waals surface area contributed by atoms with E-state index >= 15 is 0 Å². The van der Waals surface area contributed by atoms with Crippen LogP contribution in [0.3, 0.4) is 0 Å². The molecule has 0 bridgehead atoms. The number of hydrogen-bond donors (Lipinski definition) is 1. The first-order valence-electron chi connectivity index (χ1n) is 10.6. The lowest BCUT2D eigenvalue weighted by atomic mass is 9.57. The van der Waals surface area contributed by atoms with Crippen LogP contribution >= 0.6 is 0 Å². The fourth-order valence-electron chi connectivity index (χ4n) is 5.24. The standard InChI is InChI=1S/C20H35F3N4O/c1-5-24-18(25-16-15-8-10-28-17(15)19(16,3)4)27-9-7-14(12-27)11-26(6-2)13-20(21,22)23/h14-17H,5-13H2,1-4H3,(H,24,25). The van der Waals surface area contributed by atoms with Gasteiger partial charge in [0.1, 0.15) is 0 Å². The number of fused-ring (bicyclic) bond motifs is 1. The molecule has 162 valence electrons. The Hall–Kier alpha value is -1.02. The maximum Gasteiger partial charge on any atom is 0.401 e. The van der Waals surface area contributed by atoms with Gasteiger partial charge >= 0.3 is 6.18 Å². The Morgan fingerprint density at radius 3 is 2.68 bits per heavy atom. The highest BCUT2D eigenvalue weighted by atomic mass is 19.4. The number of aliphatic imine (C=N–C) groups is 1. The van der Waals surface area contributed by atoms with Crippen LogP contribution in [0.2, 0.25) is 0 Å². The lowest BCUT2D eigenvalue weighted by molar-refractivity contribution is -0.146. The number of alkyl halides is 3. The Morgan fingerprint density at radius 1 is 1.29 bits per heavy atom. The average molecular weight is 405 g/mol. The molecule has 28 heavy (non-hydrogen) atoms. The molecule has 8 heteroatoms. The van der Waals surface area contributed by atoms with Gasteiger partial charge < -0.3 is 15.0 Å². The van der Waals surface area contributed by atoms with Gasteiger partial charge in [-0.3, -0.25) is 9.89 Å². The summed E-state index contributed by atoms with van der Waals surface area (Å²) in [4.78, 5) is 8.44. The average Bonchev–Trinajstić information content (AvgIpc) is 3.25. The molecule has 0 aromatic carbocycles. The number of rotatable bonds is 6. The molecule has 0 aromatic rings. The number of hydrogen-bond acceptors (Lipinski definition) is 3. The number of nitrogens with one attached hydrogen (secondary N) is 1. The Labute approximate surface area is 166 Å². The SMILES string of the molecule is CCN=C(NC1C2CCOC2C1(C)C)N1CCC(CN(CC)CC(F)(F)F)C1. The van der Waals surface area contributed by atoms with Gasteiger partial charge in [0, 0.05) is 50.2 Å². The third-order valence-corrected chi connectivity index (χ3v) is 6.64. The minimum absolute atomic E-state index is 0.0700. The molecule has 2 aliphatic heterocycles. The summed E-state index contributed by atoms with van der Waals surface area (Å²) in [6, 6.07) is 0.335. The van der Waals surface area contributed by atoms with E-state index in [0.29, 0.717) is 37.7 Å². The molecular weight excluding hydrogens is 369 g/mol. The minimum atomic E-state index is -4.14. The van der Waals surface area contributed by atoms with E-state index in [0.717, 1.165) is 38.5 Å². The van der Waals surface area contributed by atoms with Gasteiger partial charge in [0.25, 0.3) is 0 Å². The van der Waals surface area contributed by atoms with Gasteiger partial charge in [-0.25, -0.2) is 0 Å². The molecule has 0 radical (unpaired) electrons. The van der Waals surface area contributed by atoms with Gasteiger partial charge in [0.2, 0.25) is 0 Å². The second kappa shape index (κ2) is 8.38. The Morgan fingerprint density at radius 2 is 2.04 bits per heavy atom. The first kappa shape index (κ1) is 21.7. The summed E-state index contributed by atoms with van der Waals surface area (Å²) >= 11 is 0. The topological polar surface area (TPSA) is 40.1 Å². The van der Waals surface area contributed by atoms with Crippen molar-refractivity contribution >= 4 is 5.96 Å². The summed E-state index contributed by atoms with van der Waals surface area (Å²) in [5.74, 6) is 1.67. The number of ether oxygens (including phenoxy) is 1. The predicted octanol–water partition coefficient (Wildman–Crippen LogP) is 2.97. The van der Waals surface area contributed by atoms with Crippen molar-refractivity contribution in [2.24, 2.45) is 22.2 Å². The summed E-state index contributed by atoms with van der Waals surface area (Å²) < 4.78 is 44.1. The van der Waals surface area contributed by atoms with Crippen LogP contribution in [-0.2, 0) is 4.74 Å². The van der Waals surface area contributed by atoms with E-state index in [4.69, 9.17) is 9.73 Å². The highest BCUT2D eigenvalue weighted by Crippen LogP contribution is 2.52. The second-order valence-electron chi connectivity index (χ2n) is 9.03. The molecule has 1 N–H and O–H groups in total. The highest BCUT2D eigenvalue weighted by Gasteiger charge is 2.59. The van der Waals surface area contributed by atoms with Crippen molar-refractivity contribution < 1.29 is 17.9 Å². The van der Waals surface area contributed by atoms with E-state index in [1.54, 1.807) is 6.92 Å². The van der Waals surface area contributed by atoms with Crippen molar-refractivity contribution in [2.45, 2.75) is 58.9 Å². The van der Waals surface area contributed by atoms with Crippen LogP contribution in [0.4, 0.5) is 13.2 Å². The van der Waals surface area contributed by atoms with Crippen LogP contribution in [-0.4, -0.2) is 80.0 Å². The zero-order chi connectivity index (χ0) is 20.5. The summed E-state index contributed by atoms with van der Waals surface area (Å²) in [7, 11) is 0. The van der Waals surface area contributed by atoms with Crippen molar-refractivity contribution in [1.82, 2.24) is 15.1 Å². The van der Waals surface area contributed by atoms with E-state index in [-0.39, 0.29) is 11.3 Å². The molecule has 0 spiro atoms. The molecule has 1 aliphatic carbocycles. The van der Waals surface area contributed by atoms with E-state index in [2.05, 4.69) is 24.1 Å². The van der Waals surface area contributed by atoms with Gasteiger partial charge in [-0.2, -0.15) is 13.2 Å². The smallest absolute Gasteiger partial charge is 0.377 e. The normalized spacial score (nSPS) is 32.6. The van der Waals surface area contributed by atoms with Crippen molar-refractivity contribution in [3.63, 3.8) is 0 Å². The monoisotopic (exact) mass is 404 g/mol. The first-order valence-corrected chi connectivity index (χ1v) is 10.6. The van der Waals surface area contributed by atoms with Gasteiger partial charge in [0.15, 0.2) is 5.96 Å². The van der Waals surface area contributed by atoms with Crippen molar-refractivity contribution in [1.29, 1.82) is 0 Å². The molecule has 5 nitrogen and oxygen atoms in total. The molecule has 0 amide bonds. The van der Waals surface area contributed by atoms with Gasteiger partial charge in [-0.15, -0.1) is 0 Å². The van der Waals surface area contributed by atoms with Crippen LogP contribution < -0.4 is 5.32 Å². The largest absolute Gasteiger partial charge is 0.401 e. The van der Waals surface area contributed by atoms with Gasteiger partial charge in [-0.1, -0.05) is 20.8 Å². The molecule has 1 saturated carbocycles. The summed E-state index contributed by atoms with van der Waals surface area (Å²) in [5, 5.41) is 3.69. The zero-order valence-corrected chi connectivity index (χ0v) is 17.6. The van der Waals surface area contributed by atoms with Crippen molar-refractivity contribution in [3.05, 3.63) is 0 Å². The number of halogens is 3. The van der Waals surface area contributed by atoms with E-state index in [1.807, 2.05) is 6.92 Å². The van der Waals surface area contributed by atoms with Crippen LogP contribution in [0.5, 0.6) is 0 Å². The Kier molecular flexibility index (Phi) is 6.49. The van der Waals surface area contributed by atoms with E-state index < -0.39 is 12.7 Å². The lowest BCUT2D eigenvalue weighted by Gasteiger charge is -2.55. The number of likely N-dealkylation sites (tertiary alicyclic amines) is 1. The fourth-order valence-corrected chi connectivity index (χ4v) is 5.24. The van der Waals surface area contributed by atoms with Crippen LogP contribution in [0.25, 0.3) is 0 Å². The second-order valence-corrected chi connectivity index (χ2v) is 9.03. The molecular formula is C20H35F3N4O. The minimum Gasteiger partial charge on any atom is -0.377 e. The molecule has 3 fully saturated rings. The molecule has 2 saturated heterocycles. The number of nitrogens with zero attached hydrogens (tertiary/aromatic N) is 3. The molecule has 2 heterocycles. The highest BCUT2D eigenvalue weighted by molar-refractivity contribution is 5.81. The Balaban J connectivity index is 1.58. The van der Waals surface area contributed by atoms with Gasteiger partial charge in [-0.05, 0) is 32.2 Å². The van der Waals surface area contributed by atoms with Crippen molar-refractivity contribution in [3.8, 4) is 0 Å². The molecule has 3 rings (SSSR count). The molecule has 4 unspecified atom stereocenters. The van der Waals surface area contributed by atoms with Crippen LogP contribution in [0.15, 0.2) is 4.99 Å². The van der Waals surface area contributed by atoms with Crippen LogP contribution in [0.1, 0.15) is 40.5 Å². The molecule has 4 atom stereocenters. The maximum absolute atomic E-state index is 12.7.